The Labute approximate surface area is 331 Å². The first-order chi connectivity index (χ1) is 28.3. The topological polar surface area (TPSA) is 9.86 Å². The molecule has 0 bridgehead atoms. The highest BCUT2D eigenvalue weighted by molar-refractivity contribution is 6.28. The van der Waals surface area contributed by atoms with Gasteiger partial charge in [-0.3, -0.25) is 0 Å². The van der Waals surface area contributed by atoms with Crippen molar-refractivity contribution in [2.24, 2.45) is 0 Å². The third-order valence-electron chi connectivity index (χ3n) is 12.2. The van der Waals surface area contributed by atoms with Crippen LogP contribution in [0.2, 0.25) is 0 Å². The molecule has 11 aromatic rings. The number of hydrogen-bond acceptors (Lipinski definition) is 0. The lowest BCUT2D eigenvalue weighted by molar-refractivity contribution is 1.17. The second kappa shape index (κ2) is 12.6. The van der Waals surface area contributed by atoms with E-state index in [9.17, 15) is 0 Å². The fraction of sp³-hybridized carbons (Fsp3) is 0.0182. The van der Waals surface area contributed by atoms with E-state index in [2.05, 4.69) is 215 Å². The van der Waals surface area contributed by atoms with Gasteiger partial charge in [0.25, 0.3) is 0 Å². The van der Waals surface area contributed by atoms with Crippen LogP contribution in [-0.2, 0) is 6.42 Å². The van der Waals surface area contributed by atoms with Gasteiger partial charge in [0.2, 0.25) is 0 Å². The zero-order valence-electron chi connectivity index (χ0n) is 31.2. The number of fused-ring (bicyclic) bond motifs is 10. The van der Waals surface area contributed by atoms with Crippen molar-refractivity contribution in [2.75, 3.05) is 0 Å². The fourth-order valence-corrected chi connectivity index (χ4v) is 9.69. The largest absolute Gasteiger partial charge is 0.309 e. The first kappa shape index (κ1) is 31.9. The minimum absolute atomic E-state index is 0.932. The molecule has 1 aliphatic rings. The van der Waals surface area contributed by atoms with E-state index in [-0.39, 0.29) is 0 Å². The number of aromatic nitrogens is 2. The third kappa shape index (κ3) is 4.84. The van der Waals surface area contributed by atoms with E-state index in [1.807, 2.05) is 0 Å². The summed E-state index contributed by atoms with van der Waals surface area (Å²) in [4.78, 5) is 0. The summed E-state index contributed by atoms with van der Waals surface area (Å²) in [7, 11) is 0. The molecule has 0 aliphatic heterocycles. The van der Waals surface area contributed by atoms with Gasteiger partial charge < -0.3 is 9.13 Å². The van der Waals surface area contributed by atoms with Crippen LogP contribution in [0.15, 0.2) is 206 Å². The van der Waals surface area contributed by atoms with Crippen LogP contribution in [0.5, 0.6) is 0 Å². The summed E-state index contributed by atoms with van der Waals surface area (Å²) in [5, 5.41) is 5.10. The van der Waals surface area contributed by atoms with E-state index in [1.165, 1.54) is 99.2 Å². The minimum atomic E-state index is 0.932. The van der Waals surface area contributed by atoms with E-state index >= 15 is 0 Å². The van der Waals surface area contributed by atoms with E-state index in [0.29, 0.717) is 0 Å². The standard InChI is InChI=1S/C55H36N2/c1-3-13-36(14-4-1)37-25-29-40(30-26-37)56-50-23-9-7-17-46(50)54-52(56)33-34-53-55(54)47-18-8-10-24-51(47)57(53)41-31-27-39(28-32-41)43-20-12-22-45-44-21-11-19-42(48(44)35-49(43)45)38-15-5-2-6-16-38/h1-34H,35H2. The summed E-state index contributed by atoms with van der Waals surface area (Å²) < 4.78 is 4.88. The zero-order chi connectivity index (χ0) is 37.5. The maximum atomic E-state index is 2.45. The normalized spacial score (nSPS) is 12.1. The molecule has 0 atom stereocenters. The lowest BCUT2D eigenvalue weighted by Crippen LogP contribution is -1.95. The second-order valence-corrected chi connectivity index (χ2v) is 15.2. The number of rotatable bonds is 5. The molecule has 2 heterocycles. The molecule has 12 rings (SSSR count). The van der Waals surface area contributed by atoms with Gasteiger partial charge in [0.1, 0.15) is 0 Å². The molecule has 0 radical (unpaired) electrons. The van der Waals surface area contributed by atoms with Crippen LogP contribution in [0.3, 0.4) is 0 Å². The quantitative estimate of drug-likeness (QED) is 0.167. The van der Waals surface area contributed by atoms with Crippen molar-refractivity contribution < 1.29 is 0 Å². The molecule has 0 spiro atoms. The lowest BCUT2D eigenvalue weighted by atomic mass is 9.95. The third-order valence-corrected chi connectivity index (χ3v) is 12.2. The van der Waals surface area contributed by atoms with Crippen molar-refractivity contribution in [2.45, 2.75) is 6.42 Å². The molecule has 0 saturated heterocycles. The highest BCUT2D eigenvalue weighted by Crippen LogP contribution is 2.46. The Bertz CT molecular complexity index is 3330. The number of para-hydroxylation sites is 2. The van der Waals surface area contributed by atoms with E-state index in [0.717, 1.165) is 17.8 Å². The molecular formula is C55H36N2. The van der Waals surface area contributed by atoms with Gasteiger partial charge in [0, 0.05) is 32.9 Å². The Hall–Kier alpha value is -7.42. The van der Waals surface area contributed by atoms with Gasteiger partial charge >= 0.3 is 0 Å². The van der Waals surface area contributed by atoms with Crippen LogP contribution in [0, 0.1) is 0 Å². The van der Waals surface area contributed by atoms with Crippen molar-refractivity contribution in [1.82, 2.24) is 9.13 Å². The first-order valence-electron chi connectivity index (χ1n) is 19.8. The molecule has 2 aromatic heterocycles. The Morgan fingerprint density at radius 2 is 0.649 bits per heavy atom. The molecule has 9 aromatic carbocycles. The highest BCUT2D eigenvalue weighted by atomic mass is 15.0. The zero-order valence-corrected chi connectivity index (χ0v) is 31.2. The molecule has 0 unspecified atom stereocenters. The summed E-state index contributed by atoms with van der Waals surface area (Å²) in [6.07, 6.45) is 0.932. The fourth-order valence-electron chi connectivity index (χ4n) is 9.69. The molecule has 2 heteroatoms. The van der Waals surface area contributed by atoms with Crippen molar-refractivity contribution >= 4 is 43.6 Å². The van der Waals surface area contributed by atoms with Crippen molar-refractivity contribution in [3.05, 3.63) is 217 Å². The van der Waals surface area contributed by atoms with Gasteiger partial charge in [0.05, 0.1) is 22.1 Å². The number of benzene rings is 9. The molecular weight excluding hydrogens is 689 g/mol. The van der Waals surface area contributed by atoms with Gasteiger partial charge in [-0.15, -0.1) is 0 Å². The van der Waals surface area contributed by atoms with Crippen LogP contribution in [0.1, 0.15) is 11.1 Å². The molecule has 266 valence electrons. The Morgan fingerprint density at radius 1 is 0.263 bits per heavy atom. The van der Waals surface area contributed by atoms with Crippen molar-refractivity contribution in [3.8, 4) is 55.9 Å². The van der Waals surface area contributed by atoms with Gasteiger partial charge in [-0.25, -0.2) is 0 Å². The summed E-state index contributed by atoms with van der Waals surface area (Å²) >= 11 is 0. The lowest BCUT2D eigenvalue weighted by Gasteiger charge is -2.12. The molecule has 0 amide bonds. The van der Waals surface area contributed by atoms with E-state index in [4.69, 9.17) is 0 Å². The predicted octanol–water partition coefficient (Wildman–Crippen LogP) is 14.5. The van der Waals surface area contributed by atoms with E-state index in [1.54, 1.807) is 0 Å². The van der Waals surface area contributed by atoms with Crippen molar-refractivity contribution in [1.29, 1.82) is 0 Å². The monoisotopic (exact) mass is 724 g/mol. The minimum Gasteiger partial charge on any atom is -0.309 e. The number of nitrogens with zero attached hydrogens (tertiary/aromatic N) is 2. The first-order valence-corrected chi connectivity index (χ1v) is 19.8. The molecule has 0 fully saturated rings. The smallest absolute Gasteiger partial charge is 0.0548 e. The Kier molecular flexibility index (Phi) is 7.02. The average Bonchev–Trinajstić information content (AvgIpc) is 3.95. The Morgan fingerprint density at radius 3 is 1.16 bits per heavy atom. The maximum Gasteiger partial charge on any atom is 0.0548 e. The summed E-state index contributed by atoms with van der Waals surface area (Å²) in [5.41, 5.74) is 20.3. The summed E-state index contributed by atoms with van der Waals surface area (Å²) in [5.74, 6) is 0. The second-order valence-electron chi connectivity index (χ2n) is 15.2. The van der Waals surface area contributed by atoms with Gasteiger partial charge in [-0.2, -0.15) is 0 Å². The van der Waals surface area contributed by atoms with Crippen LogP contribution in [0.25, 0.3) is 99.5 Å². The average molecular weight is 725 g/mol. The van der Waals surface area contributed by atoms with Gasteiger partial charge in [-0.1, -0.05) is 158 Å². The molecule has 0 saturated carbocycles. The summed E-state index contributed by atoms with van der Waals surface area (Å²) in [6, 6.07) is 75.6. The van der Waals surface area contributed by atoms with Crippen LogP contribution >= 0.6 is 0 Å². The Balaban J connectivity index is 0.986. The highest BCUT2D eigenvalue weighted by Gasteiger charge is 2.25. The van der Waals surface area contributed by atoms with Gasteiger partial charge in [-0.05, 0) is 111 Å². The SMILES string of the molecule is c1ccc(-c2ccc(-n3c4ccccc4c4c5c6ccccc6n(-c6ccc(-c7cccc8c7Cc7c(-c9ccccc9)cccc7-8)cc6)c5ccc43)cc2)cc1. The van der Waals surface area contributed by atoms with Crippen molar-refractivity contribution in [3.63, 3.8) is 0 Å². The van der Waals surface area contributed by atoms with Gasteiger partial charge in [0.15, 0.2) is 0 Å². The predicted molar refractivity (Wildman–Crippen MR) is 240 cm³/mol. The maximum absolute atomic E-state index is 2.45. The van der Waals surface area contributed by atoms with Crippen LogP contribution in [-0.4, -0.2) is 9.13 Å². The van der Waals surface area contributed by atoms with Crippen LogP contribution < -0.4 is 0 Å². The number of hydrogen-bond donors (Lipinski definition) is 0. The van der Waals surface area contributed by atoms with Crippen LogP contribution in [0.4, 0.5) is 0 Å². The molecule has 2 nitrogen and oxygen atoms in total. The molecule has 0 N–H and O–H groups in total. The summed E-state index contributed by atoms with van der Waals surface area (Å²) in [6.45, 7) is 0. The molecule has 57 heavy (non-hydrogen) atoms. The van der Waals surface area contributed by atoms with E-state index < -0.39 is 0 Å². The molecule has 1 aliphatic carbocycles.